The zero-order valence-corrected chi connectivity index (χ0v) is 19.3. The van der Waals surface area contributed by atoms with Crippen LogP contribution in [0, 0.1) is 5.92 Å². The molecule has 0 aliphatic carbocycles. The van der Waals surface area contributed by atoms with E-state index in [1.807, 2.05) is 13.8 Å². The van der Waals surface area contributed by atoms with Crippen LogP contribution in [0.1, 0.15) is 38.7 Å². The first kappa shape index (κ1) is 24.8. The molecule has 0 aliphatic rings. The summed E-state index contributed by atoms with van der Waals surface area (Å²) in [5, 5.41) is 12.6. The fourth-order valence-electron chi connectivity index (χ4n) is 3.20. The number of carbonyl (C=O) groups excluding carboxylic acids is 2. The Balaban J connectivity index is 2.43. The van der Waals surface area contributed by atoms with E-state index in [9.17, 15) is 23.1 Å². The SMILES string of the molecule is CC(=O)Nc1ccc(S(=O)(=O)N(CCO)C(=O)C(CC(C)C)c2ccc(Cl)cc2)cc1. The summed E-state index contributed by atoms with van der Waals surface area (Å²) in [6.07, 6.45) is 0.430. The minimum atomic E-state index is -4.22. The van der Waals surface area contributed by atoms with Gasteiger partial charge in [0, 0.05) is 17.6 Å². The van der Waals surface area contributed by atoms with Gasteiger partial charge in [-0.05, 0) is 54.3 Å². The number of aliphatic hydroxyl groups excluding tert-OH is 1. The number of hydrogen-bond donors (Lipinski definition) is 2. The minimum Gasteiger partial charge on any atom is -0.394 e. The summed E-state index contributed by atoms with van der Waals surface area (Å²) in [6, 6.07) is 12.3. The molecular weight excluding hydrogens is 440 g/mol. The van der Waals surface area contributed by atoms with Crippen molar-refractivity contribution in [2.24, 2.45) is 5.92 Å². The molecule has 0 aromatic heterocycles. The second kappa shape index (κ2) is 10.7. The molecule has 31 heavy (non-hydrogen) atoms. The number of nitrogens with one attached hydrogen (secondary N) is 1. The third-order valence-corrected chi connectivity index (χ3v) is 6.65. The normalized spacial score (nSPS) is 12.5. The van der Waals surface area contributed by atoms with Crippen LogP contribution in [-0.2, 0) is 19.6 Å². The summed E-state index contributed by atoms with van der Waals surface area (Å²) < 4.78 is 27.2. The summed E-state index contributed by atoms with van der Waals surface area (Å²) in [6.45, 7) is 4.36. The van der Waals surface area contributed by atoms with Crippen LogP contribution in [0.2, 0.25) is 5.02 Å². The maximum Gasteiger partial charge on any atom is 0.266 e. The van der Waals surface area contributed by atoms with Gasteiger partial charge in [-0.2, -0.15) is 0 Å². The van der Waals surface area contributed by atoms with E-state index in [1.165, 1.54) is 31.2 Å². The smallest absolute Gasteiger partial charge is 0.266 e. The molecule has 168 valence electrons. The molecule has 0 heterocycles. The fourth-order valence-corrected chi connectivity index (χ4v) is 4.75. The maximum absolute atomic E-state index is 13.4. The predicted octanol–water partition coefficient (Wildman–Crippen LogP) is 3.64. The Morgan fingerprint density at radius 1 is 1.06 bits per heavy atom. The molecule has 1 atom stereocenters. The molecule has 0 spiro atoms. The van der Waals surface area contributed by atoms with Gasteiger partial charge in [-0.3, -0.25) is 9.59 Å². The Morgan fingerprint density at radius 3 is 2.13 bits per heavy atom. The third kappa shape index (κ3) is 6.53. The van der Waals surface area contributed by atoms with Gasteiger partial charge < -0.3 is 10.4 Å². The molecule has 0 saturated carbocycles. The zero-order chi connectivity index (χ0) is 23.2. The summed E-state index contributed by atoms with van der Waals surface area (Å²) >= 11 is 5.96. The summed E-state index contributed by atoms with van der Waals surface area (Å²) in [5.41, 5.74) is 1.09. The van der Waals surface area contributed by atoms with Crippen molar-refractivity contribution in [2.75, 3.05) is 18.5 Å². The van der Waals surface area contributed by atoms with Crippen LogP contribution in [0.25, 0.3) is 0 Å². The fraction of sp³-hybridized carbons (Fsp3) is 0.364. The Morgan fingerprint density at radius 2 is 1.65 bits per heavy atom. The number of sulfonamides is 1. The van der Waals surface area contributed by atoms with Gasteiger partial charge in [-0.25, -0.2) is 12.7 Å². The largest absolute Gasteiger partial charge is 0.394 e. The number of aliphatic hydroxyl groups is 1. The lowest BCUT2D eigenvalue weighted by atomic mass is 9.89. The molecule has 2 N–H and O–H groups in total. The van der Waals surface area contributed by atoms with E-state index in [1.54, 1.807) is 24.3 Å². The van der Waals surface area contributed by atoms with Crippen molar-refractivity contribution in [2.45, 2.75) is 38.0 Å². The van der Waals surface area contributed by atoms with E-state index in [0.717, 1.165) is 4.31 Å². The van der Waals surface area contributed by atoms with Gasteiger partial charge in [-0.1, -0.05) is 37.6 Å². The number of halogens is 1. The number of anilines is 1. The summed E-state index contributed by atoms with van der Waals surface area (Å²) in [4.78, 5) is 24.5. The molecule has 2 amide bonds. The lowest BCUT2D eigenvalue weighted by molar-refractivity contribution is -0.128. The van der Waals surface area contributed by atoms with Crippen molar-refractivity contribution in [1.29, 1.82) is 0 Å². The van der Waals surface area contributed by atoms with Crippen molar-refractivity contribution in [3.05, 3.63) is 59.1 Å². The topological polar surface area (TPSA) is 104 Å². The highest BCUT2D eigenvalue weighted by molar-refractivity contribution is 7.89. The molecule has 2 aromatic carbocycles. The van der Waals surface area contributed by atoms with Gasteiger partial charge in [-0.15, -0.1) is 0 Å². The molecule has 0 saturated heterocycles. The average molecular weight is 467 g/mol. The van der Waals surface area contributed by atoms with Crippen molar-refractivity contribution in [3.8, 4) is 0 Å². The van der Waals surface area contributed by atoms with Crippen molar-refractivity contribution >= 4 is 39.1 Å². The van der Waals surface area contributed by atoms with E-state index in [2.05, 4.69) is 5.32 Å². The number of rotatable bonds is 9. The monoisotopic (exact) mass is 466 g/mol. The van der Waals surface area contributed by atoms with E-state index >= 15 is 0 Å². The Kier molecular flexibility index (Phi) is 8.61. The van der Waals surface area contributed by atoms with Gasteiger partial charge in [0.05, 0.1) is 24.0 Å². The lowest BCUT2D eigenvalue weighted by Crippen LogP contribution is -2.42. The highest BCUT2D eigenvalue weighted by Crippen LogP contribution is 2.30. The first-order valence-electron chi connectivity index (χ1n) is 9.86. The van der Waals surface area contributed by atoms with Crippen LogP contribution < -0.4 is 5.32 Å². The molecule has 0 radical (unpaired) electrons. The van der Waals surface area contributed by atoms with E-state index in [0.29, 0.717) is 22.7 Å². The highest BCUT2D eigenvalue weighted by Gasteiger charge is 2.34. The summed E-state index contributed by atoms with van der Waals surface area (Å²) in [5.74, 6) is -1.49. The second-order valence-electron chi connectivity index (χ2n) is 7.58. The Hall–Kier alpha value is -2.42. The Labute approximate surface area is 188 Å². The predicted molar refractivity (Wildman–Crippen MR) is 120 cm³/mol. The van der Waals surface area contributed by atoms with Gasteiger partial charge in [0.2, 0.25) is 11.8 Å². The van der Waals surface area contributed by atoms with Crippen LogP contribution in [0.3, 0.4) is 0 Å². The zero-order valence-electron chi connectivity index (χ0n) is 17.7. The minimum absolute atomic E-state index is 0.109. The van der Waals surface area contributed by atoms with E-state index in [-0.39, 0.29) is 23.3 Å². The number of carbonyl (C=O) groups is 2. The number of hydrogen-bond acceptors (Lipinski definition) is 5. The van der Waals surface area contributed by atoms with Crippen LogP contribution in [0.4, 0.5) is 5.69 Å². The molecule has 2 aromatic rings. The first-order valence-corrected chi connectivity index (χ1v) is 11.7. The molecule has 7 nitrogen and oxygen atoms in total. The molecule has 9 heteroatoms. The molecular formula is C22H27ClN2O5S. The molecule has 0 fully saturated rings. The van der Waals surface area contributed by atoms with Gasteiger partial charge in [0.1, 0.15) is 0 Å². The molecule has 0 bridgehead atoms. The van der Waals surface area contributed by atoms with Crippen LogP contribution in [-0.4, -0.2) is 42.8 Å². The van der Waals surface area contributed by atoms with Gasteiger partial charge in [0.15, 0.2) is 0 Å². The molecule has 1 unspecified atom stereocenters. The van der Waals surface area contributed by atoms with Crippen LogP contribution >= 0.6 is 11.6 Å². The van der Waals surface area contributed by atoms with Crippen LogP contribution in [0.5, 0.6) is 0 Å². The number of nitrogens with zero attached hydrogens (tertiary/aromatic N) is 1. The maximum atomic E-state index is 13.4. The lowest BCUT2D eigenvalue weighted by Gasteiger charge is -2.28. The Bertz CT molecular complexity index is 1010. The van der Waals surface area contributed by atoms with Crippen molar-refractivity contribution in [3.63, 3.8) is 0 Å². The van der Waals surface area contributed by atoms with Crippen LogP contribution in [0.15, 0.2) is 53.4 Å². The van der Waals surface area contributed by atoms with Gasteiger partial charge in [0.25, 0.3) is 10.0 Å². The number of amides is 2. The quantitative estimate of drug-likeness (QED) is 0.587. The molecule has 2 rings (SSSR count). The van der Waals surface area contributed by atoms with E-state index < -0.39 is 28.5 Å². The third-order valence-electron chi connectivity index (χ3n) is 4.59. The average Bonchev–Trinajstić information content (AvgIpc) is 2.70. The molecule has 0 aliphatic heterocycles. The number of benzene rings is 2. The second-order valence-corrected chi connectivity index (χ2v) is 9.88. The van der Waals surface area contributed by atoms with Crippen molar-refractivity contribution in [1.82, 2.24) is 4.31 Å². The van der Waals surface area contributed by atoms with Gasteiger partial charge >= 0.3 is 0 Å². The van der Waals surface area contributed by atoms with Crippen molar-refractivity contribution < 1.29 is 23.1 Å². The van der Waals surface area contributed by atoms with E-state index in [4.69, 9.17) is 11.6 Å². The first-order chi connectivity index (χ1) is 14.6. The highest BCUT2D eigenvalue weighted by atomic mass is 35.5. The standard InChI is InChI=1S/C22H27ClN2O5S/c1-15(2)14-21(17-4-6-18(23)7-5-17)22(28)25(12-13-26)31(29,30)20-10-8-19(9-11-20)24-16(3)27/h4-11,15,21,26H,12-14H2,1-3H3,(H,24,27). The summed E-state index contributed by atoms with van der Waals surface area (Å²) in [7, 11) is -4.22.